The Hall–Kier alpha value is -3.43. The predicted molar refractivity (Wildman–Crippen MR) is 122 cm³/mol. The molecule has 9 heteroatoms. The molecule has 3 atom stereocenters. The maximum Gasteiger partial charge on any atom is 0.407 e. The summed E-state index contributed by atoms with van der Waals surface area (Å²) in [7, 11) is 1.50. The number of nitrogens with one attached hydrogen (secondary N) is 1. The van der Waals surface area contributed by atoms with Gasteiger partial charge < -0.3 is 29.9 Å². The molecule has 4 rings (SSSR count). The van der Waals surface area contributed by atoms with Crippen molar-refractivity contribution in [2.75, 3.05) is 26.9 Å². The highest BCUT2D eigenvalue weighted by atomic mass is 16.5. The lowest BCUT2D eigenvalue weighted by Crippen LogP contribution is -2.53. The fourth-order valence-electron chi connectivity index (χ4n) is 4.62. The molecule has 1 saturated heterocycles. The molecular formula is C25H28N2O7. The summed E-state index contributed by atoms with van der Waals surface area (Å²) in [6.07, 6.45) is -2.06. The summed E-state index contributed by atoms with van der Waals surface area (Å²) in [4.78, 5) is 38.1. The van der Waals surface area contributed by atoms with Crippen LogP contribution in [0.15, 0.2) is 48.5 Å². The van der Waals surface area contributed by atoms with Crippen molar-refractivity contribution in [1.82, 2.24) is 10.2 Å². The number of ether oxygens (including phenoxy) is 2. The second-order valence-electron chi connectivity index (χ2n) is 8.58. The number of amides is 2. The minimum absolute atomic E-state index is 0.0741. The van der Waals surface area contributed by atoms with Gasteiger partial charge in [0, 0.05) is 19.4 Å². The lowest BCUT2D eigenvalue weighted by Gasteiger charge is -2.29. The molecule has 0 bridgehead atoms. The average molecular weight is 469 g/mol. The van der Waals surface area contributed by atoms with Crippen molar-refractivity contribution >= 4 is 18.0 Å². The number of aliphatic carboxylic acids is 1. The monoisotopic (exact) mass is 468 g/mol. The topological polar surface area (TPSA) is 125 Å². The fourth-order valence-corrected chi connectivity index (χ4v) is 4.62. The quantitative estimate of drug-likeness (QED) is 0.541. The standard InChI is InChI=1S/C25H28N2O7/c1-27(21-13-33-14-22(21)28)24(31)20(10-11-23(29)30)26-25(32)34-12-19-17-8-4-2-6-15(17)16-7-3-5-9-18(16)19/h2-9,19-22,28H,10-14H2,1H3,(H,26,32)(H,29,30)/t20?,21-,22-/m1/s1. The highest BCUT2D eigenvalue weighted by Gasteiger charge is 2.36. The number of nitrogens with zero attached hydrogens (tertiary/aromatic N) is 1. The molecule has 9 nitrogen and oxygen atoms in total. The summed E-state index contributed by atoms with van der Waals surface area (Å²) in [5, 5.41) is 21.6. The number of likely N-dealkylation sites (N-methyl/N-ethyl adjacent to an activating group) is 1. The van der Waals surface area contributed by atoms with E-state index >= 15 is 0 Å². The van der Waals surface area contributed by atoms with Crippen LogP contribution in [0.4, 0.5) is 4.79 Å². The zero-order chi connectivity index (χ0) is 24.2. The Bertz CT molecular complexity index is 1030. The maximum absolute atomic E-state index is 13.0. The molecule has 0 aromatic heterocycles. The van der Waals surface area contributed by atoms with Gasteiger partial charge in [-0.3, -0.25) is 9.59 Å². The molecule has 1 aliphatic heterocycles. The van der Waals surface area contributed by atoms with Crippen LogP contribution in [0.2, 0.25) is 0 Å². The molecule has 1 fully saturated rings. The number of aliphatic hydroxyl groups is 1. The molecule has 0 saturated carbocycles. The van der Waals surface area contributed by atoms with Crippen LogP contribution in [-0.2, 0) is 19.1 Å². The molecule has 1 unspecified atom stereocenters. The Morgan fingerprint density at radius 3 is 2.26 bits per heavy atom. The van der Waals surface area contributed by atoms with Crippen molar-refractivity contribution in [2.45, 2.75) is 36.9 Å². The Morgan fingerprint density at radius 2 is 1.71 bits per heavy atom. The van der Waals surface area contributed by atoms with Crippen molar-refractivity contribution in [3.8, 4) is 11.1 Å². The first-order valence-corrected chi connectivity index (χ1v) is 11.2. The highest BCUT2D eigenvalue weighted by molar-refractivity contribution is 5.86. The van der Waals surface area contributed by atoms with Crippen LogP contribution in [0.3, 0.4) is 0 Å². The summed E-state index contributed by atoms with van der Waals surface area (Å²) >= 11 is 0. The van der Waals surface area contributed by atoms with Crippen LogP contribution in [0.5, 0.6) is 0 Å². The zero-order valence-corrected chi connectivity index (χ0v) is 18.8. The van der Waals surface area contributed by atoms with Gasteiger partial charge in [-0.25, -0.2) is 4.79 Å². The van der Waals surface area contributed by atoms with Gasteiger partial charge in [-0.1, -0.05) is 48.5 Å². The molecule has 2 aromatic rings. The van der Waals surface area contributed by atoms with E-state index in [-0.39, 0.29) is 38.6 Å². The van der Waals surface area contributed by atoms with E-state index in [2.05, 4.69) is 5.32 Å². The largest absolute Gasteiger partial charge is 0.481 e. The van der Waals surface area contributed by atoms with E-state index in [4.69, 9.17) is 14.6 Å². The second kappa shape index (κ2) is 10.2. The number of benzene rings is 2. The lowest BCUT2D eigenvalue weighted by molar-refractivity contribution is -0.138. The van der Waals surface area contributed by atoms with Crippen LogP contribution >= 0.6 is 0 Å². The normalized spacial score (nSPS) is 19.7. The average Bonchev–Trinajstić information content (AvgIpc) is 3.40. The van der Waals surface area contributed by atoms with Crippen LogP contribution in [0, 0.1) is 0 Å². The smallest absolute Gasteiger partial charge is 0.407 e. The molecule has 34 heavy (non-hydrogen) atoms. The van der Waals surface area contributed by atoms with Crippen LogP contribution in [0.25, 0.3) is 11.1 Å². The molecular weight excluding hydrogens is 440 g/mol. The Morgan fingerprint density at radius 1 is 1.09 bits per heavy atom. The summed E-state index contributed by atoms with van der Waals surface area (Å²) in [6.45, 7) is 0.354. The maximum atomic E-state index is 13.0. The number of hydrogen-bond acceptors (Lipinski definition) is 6. The van der Waals surface area contributed by atoms with Gasteiger partial charge in [0.1, 0.15) is 12.6 Å². The third-order valence-electron chi connectivity index (χ3n) is 6.45. The van der Waals surface area contributed by atoms with Crippen molar-refractivity contribution in [3.63, 3.8) is 0 Å². The molecule has 2 amide bonds. The Labute approximate surface area is 197 Å². The van der Waals surface area contributed by atoms with E-state index in [0.29, 0.717) is 0 Å². The van der Waals surface area contributed by atoms with E-state index in [1.165, 1.54) is 11.9 Å². The minimum atomic E-state index is -1.11. The van der Waals surface area contributed by atoms with E-state index in [1.807, 2.05) is 48.5 Å². The van der Waals surface area contributed by atoms with Gasteiger partial charge in [0.15, 0.2) is 0 Å². The third kappa shape index (κ3) is 4.90. The number of hydrogen-bond donors (Lipinski definition) is 3. The summed E-state index contributed by atoms with van der Waals surface area (Å²) in [6, 6.07) is 14.2. The Balaban J connectivity index is 1.43. The number of carbonyl (C=O) groups is 3. The van der Waals surface area contributed by atoms with Gasteiger partial charge in [-0.15, -0.1) is 0 Å². The van der Waals surface area contributed by atoms with Crippen molar-refractivity contribution in [3.05, 3.63) is 59.7 Å². The summed E-state index contributed by atoms with van der Waals surface area (Å²) < 4.78 is 10.7. The zero-order valence-electron chi connectivity index (χ0n) is 18.8. The first kappa shape index (κ1) is 23.7. The first-order chi connectivity index (χ1) is 16.4. The molecule has 2 aliphatic rings. The number of fused-ring (bicyclic) bond motifs is 3. The molecule has 180 valence electrons. The second-order valence-corrected chi connectivity index (χ2v) is 8.58. The van der Waals surface area contributed by atoms with Gasteiger partial charge in [0.25, 0.3) is 0 Å². The lowest BCUT2D eigenvalue weighted by atomic mass is 9.98. The summed E-state index contributed by atoms with van der Waals surface area (Å²) in [5.74, 6) is -1.73. The van der Waals surface area contributed by atoms with Gasteiger partial charge >= 0.3 is 12.1 Å². The molecule has 0 spiro atoms. The van der Waals surface area contributed by atoms with E-state index in [1.54, 1.807) is 0 Å². The van der Waals surface area contributed by atoms with Gasteiger partial charge in [0.2, 0.25) is 5.91 Å². The van der Waals surface area contributed by atoms with Gasteiger partial charge in [0.05, 0.1) is 25.4 Å². The SMILES string of the molecule is CN(C(=O)C(CCC(=O)O)NC(=O)OCC1c2ccccc2-c2ccccc21)[C@@H]1COC[C@H]1O. The van der Waals surface area contributed by atoms with Crippen LogP contribution < -0.4 is 5.32 Å². The van der Waals surface area contributed by atoms with E-state index < -0.39 is 36.2 Å². The minimum Gasteiger partial charge on any atom is -0.481 e. The van der Waals surface area contributed by atoms with Crippen LogP contribution in [0.1, 0.15) is 29.9 Å². The summed E-state index contributed by atoms with van der Waals surface area (Å²) in [5.41, 5.74) is 4.32. The number of rotatable bonds is 8. The third-order valence-corrected chi connectivity index (χ3v) is 6.45. The number of carbonyl (C=O) groups excluding carboxylic acids is 2. The number of carboxylic acids is 1. The first-order valence-electron chi connectivity index (χ1n) is 11.2. The van der Waals surface area contributed by atoms with Crippen LogP contribution in [-0.4, -0.2) is 78.1 Å². The van der Waals surface area contributed by atoms with Gasteiger partial charge in [-0.2, -0.15) is 0 Å². The van der Waals surface area contributed by atoms with Gasteiger partial charge in [-0.05, 0) is 28.7 Å². The van der Waals surface area contributed by atoms with Crippen molar-refractivity contribution < 1.29 is 34.1 Å². The molecule has 1 aliphatic carbocycles. The number of carboxylic acid groups (broad SMARTS) is 1. The van der Waals surface area contributed by atoms with E-state index in [9.17, 15) is 19.5 Å². The van der Waals surface area contributed by atoms with Crippen molar-refractivity contribution in [1.29, 1.82) is 0 Å². The molecule has 3 N–H and O–H groups in total. The molecule has 0 radical (unpaired) electrons. The number of aliphatic hydroxyl groups excluding tert-OH is 1. The Kier molecular flexibility index (Phi) is 7.14. The molecule has 2 aromatic carbocycles. The van der Waals surface area contributed by atoms with Crippen molar-refractivity contribution in [2.24, 2.45) is 0 Å². The highest BCUT2D eigenvalue weighted by Crippen LogP contribution is 2.44. The molecule has 1 heterocycles. The fraction of sp³-hybridized carbons (Fsp3) is 0.400. The predicted octanol–water partition coefficient (Wildman–Crippen LogP) is 1.98. The van der Waals surface area contributed by atoms with E-state index in [0.717, 1.165) is 22.3 Å². The number of alkyl carbamates (subject to hydrolysis) is 1.